The largest absolute Gasteiger partial charge is 0.461 e. The van der Waals surface area contributed by atoms with Gasteiger partial charge in [-0.25, -0.2) is 4.79 Å². The minimum Gasteiger partial charge on any atom is -0.461 e. The molecule has 1 aromatic rings. The summed E-state index contributed by atoms with van der Waals surface area (Å²) in [6.45, 7) is 9.02. The average molecular weight is 274 g/mol. The Kier molecular flexibility index (Phi) is 5.71. The van der Waals surface area contributed by atoms with E-state index in [2.05, 4.69) is 6.58 Å². The predicted octanol–water partition coefficient (Wildman–Crippen LogP) is 3.35. The molecule has 3 nitrogen and oxygen atoms in total. The molecule has 1 aromatic carbocycles. The Hall–Kier alpha value is -1.87. The maximum atomic E-state index is 12.1. The number of ether oxygens (including phenoxy) is 1. The Labute approximate surface area is 120 Å². The molecule has 0 saturated carbocycles. The van der Waals surface area contributed by atoms with Gasteiger partial charge in [0.05, 0.1) is 6.10 Å². The van der Waals surface area contributed by atoms with Crippen molar-refractivity contribution in [2.75, 3.05) is 0 Å². The van der Waals surface area contributed by atoms with Gasteiger partial charge in [0.15, 0.2) is 5.60 Å². The second-order valence-electron chi connectivity index (χ2n) is 5.26. The Bertz CT molecular complexity index is 488. The second kappa shape index (κ2) is 7.06. The summed E-state index contributed by atoms with van der Waals surface area (Å²) in [5.41, 5.74) is -0.0534. The monoisotopic (exact) mass is 274 g/mol. The van der Waals surface area contributed by atoms with E-state index in [0.717, 1.165) is 5.56 Å². The molecule has 1 atom stereocenters. The van der Waals surface area contributed by atoms with Gasteiger partial charge in [-0.1, -0.05) is 42.0 Å². The predicted molar refractivity (Wildman–Crippen MR) is 81.1 cm³/mol. The molecule has 0 saturated heterocycles. The lowest BCUT2D eigenvalue weighted by Gasteiger charge is -2.24. The summed E-state index contributed by atoms with van der Waals surface area (Å²) in [6.07, 6.45) is 3.05. The first kappa shape index (κ1) is 16.2. The zero-order valence-electron chi connectivity index (χ0n) is 12.3. The Morgan fingerprint density at radius 1 is 1.40 bits per heavy atom. The third kappa shape index (κ3) is 5.02. The zero-order valence-corrected chi connectivity index (χ0v) is 12.3. The molecule has 0 fully saturated rings. The third-order valence-electron chi connectivity index (χ3n) is 2.62. The molecule has 1 N–H and O–H groups in total. The van der Waals surface area contributed by atoms with Crippen LogP contribution in [-0.2, 0) is 9.53 Å². The number of carbonyl (C=O) groups excluding carboxylic acids is 1. The van der Waals surface area contributed by atoms with Crippen molar-refractivity contribution < 1.29 is 14.6 Å². The second-order valence-corrected chi connectivity index (χ2v) is 5.26. The molecule has 1 unspecified atom stereocenters. The van der Waals surface area contributed by atoms with Crippen LogP contribution in [0.15, 0.2) is 48.6 Å². The standard InChI is InChI=1S/C17H22O3/c1-13(2)12-17(19,16(18)20-14(3)4)11-10-15-8-6-5-7-9-15/h5-11,14,19H,1,12H2,2-4H3/b11-10+. The van der Waals surface area contributed by atoms with Crippen LogP contribution in [0.3, 0.4) is 0 Å². The van der Waals surface area contributed by atoms with Gasteiger partial charge in [0.25, 0.3) is 0 Å². The fourth-order valence-electron chi connectivity index (χ4n) is 1.77. The molecule has 0 spiro atoms. The van der Waals surface area contributed by atoms with Crippen molar-refractivity contribution in [3.63, 3.8) is 0 Å². The first-order valence-electron chi connectivity index (χ1n) is 6.65. The van der Waals surface area contributed by atoms with E-state index in [1.807, 2.05) is 30.3 Å². The SMILES string of the molecule is C=C(C)CC(O)(/C=C/c1ccccc1)C(=O)OC(C)C. The molecular weight excluding hydrogens is 252 g/mol. The van der Waals surface area contributed by atoms with Gasteiger partial charge in [0.1, 0.15) is 0 Å². The zero-order chi connectivity index (χ0) is 15.2. The number of hydrogen-bond acceptors (Lipinski definition) is 3. The van der Waals surface area contributed by atoms with E-state index >= 15 is 0 Å². The molecule has 0 aliphatic rings. The summed E-state index contributed by atoms with van der Waals surface area (Å²) in [5.74, 6) is -0.650. The van der Waals surface area contributed by atoms with Crippen LogP contribution in [0, 0.1) is 0 Å². The Balaban J connectivity index is 2.96. The van der Waals surface area contributed by atoms with Crippen molar-refractivity contribution in [3.05, 3.63) is 54.1 Å². The summed E-state index contributed by atoms with van der Waals surface area (Å²) in [6, 6.07) is 9.48. The molecular formula is C17H22O3. The van der Waals surface area contributed by atoms with Crippen LogP contribution in [0.4, 0.5) is 0 Å². The Morgan fingerprint density at radius 3 is 2.50 bits per heavy atom. The number of rotatable bonds is 6. The highest BCUT2D eigenvalue weighted by atomic mass is 16.6. The minimum absolute atomic E-state index is 0.141. The molecule has 0 aliphatic heterocycles. The van der Waals surface area contributed by atoms with Gasteiger partial charge in [0.2, 0.25) is 0 Å². The van der Waals surface area contributed by atoms with Crippen molar-refractivity contribution in [2.24, 2.45) is 0 Å². The molecule has 3 heteroatoms. The van der Waals surface area contributed by atoms with E-state index < -0.39 is 11.6 Å². The van der Waals surface area contributed by atoms with Gasteiger partial charge in [-0.3, -0.25) is 0 Å². The van der Waals surface area contributed by atoms with Gasteiger partial charge in [-0.15, -0.1) is 6.58 Å². The van der Waals surface area contributed by atoms with Crippen molar-refractivity contribution in [3.8, 4) is 0 Å². The molecule has 20 heavy (non-hydrogen) atoms. The van der Waals surface area contributed by atoms with E-state index in [0.29, 0.717) is 5.57 Å². The third-order valence-corrected chi connectivity index (χ3v) is 2.62. The summed E-state index contributed by atoms with van der Waals surface area (Å²) >= 11 is 0. The molecule has 0 amide bonds. The first-order valence-corrected chi connectivity index (χ1v) is 6.65. The van der Waals surface area contributed by atoms with Gasteiger partial charge in [0, 0.05) is 6.42 Å². The molecule has 0 heterocycles. The van der Waals surface area contributed by atoms with Gasteiger partial charge < -0.3 is 9.84 Å². The van der Waals surface area contributed by atoms with Crippen LogP contribution in [0.2, 0.25) is 0 Å². The summed E-state index contributed by atoms with van der Waals surface area (Å²) in [4.78, 5) is 12.1. The van der Waals surface area contributed by atoms with Crippen LogP contribution >= 0.6 is 0 Å². The smallest absolute Gasteiger partial charge is 0.342 e. The number of aliphatic hydroxyl groups is 1. The van der Waals surface area contributed by atoms with Gasteiger partial charge in [-0.05, 0) is 32.4 Å². The van der Waals surface area contributed by atoms with Gasteiger partial charge in [-0.2, -0.15) is 0 Å². The molecule has 0 bridgehead atoms. The van der Waals surface area contributed by atoms with Crippen LogP contribution in [0.25, 0.3) is 6.08 Å². The highest BCUT2D eigenvalue weighted by Crippen LogP contribution is 2.21. The number of carbonyl (C=O) groups is 1. The van der Waals surface area contributed by atoms with E-state index in [4.69, 9.17) is 4.74 Å². The van der Waals surface area contributed by atoms with E-state index in [9.17, 15) is 9.90 Å². The molecule has 0 radical (unpaired) electrons. The van der Waals surface area contributed by atoms with E-state index in [1.54, 1.807) is 26.8 Å². The van der Waals surface area contributed by atoms with Crippen LogP contribution in [0.1, 0.15) is 32.8 Å². The summed E-state index contributed by atoms with van der Waals surface area (Å²) in [5, 5.41) is 10.5. The number of esters is 1. The Morgan fingerprint density at radius 2 is 2.00 bits per heavy atom. The highest BCUT2D eigenvalue weighted by Gasteiger charge is 2.35. The van der Waals surface area contributed by atoms with E-state index in [-0.39, 0.29) is 12.5 Å². The van der Waals surface area contributed by atoms with Crippen molar-refractivity contribution in [2.45, 2.75) is 38.9 Å². The van der Waals surface area contributed by atoms with Crippen molar-refractivity contribution >= 4 is 12.0 Å². The number of hydrogen-bond donors (Lipinski definition) is 1. The van der Waals surface area contributed by atoms with Crippen molar-refractivity contribution in [1.82, 2.24) is 0 Å². The summed E-state index contributed by atoms with van der Waals surface area (Å²) < 4.78 is 5.12. The van der Waals surface area contributed by atoms with E-state index in [1.165, 1.54) is 6.08 Å². The molecule has 1 rings (SSSR count). The van der Waals surface area contributed by atoms with Crippen LogP contribution < -0.4 is 0 Å². The topological polar surface area (TPSA) is 46.5 Å². The fourth-order valence-corrected chi connectivity index (χ4v) is 1.77. The lowest BCUT2D eigenvalue weighted by molar-refractivity contribution is -0.164. The maximum absolute atomic E-state index is 12.1. The minimum atomic E-state index is -1.67. The average Bonchev–Trinajstić information content (AvgIpc) is 2.36. The quantitative estimate of drug-likeness (QED) is 0.639. The van der Waals surface area contributed by atoms with Crippen LogP contribution in [0.5, 0.6) is 0 Å². The number of benzene rings is 1. The fraction of sp³-hybridized carbons (Fsp3) is 0.353. The van der Waals surface area contributed by atoms with Crippen LogP contribution in [-0.4, -0.2) is 22.8 Å². The normalized spacial score (nSPS) is 14.2. The highest BCUT2D eigenvalue weighted by molar-refractivity contribution is 5.83. The van der Waals surface area contributed by atoms with Crippen molar-refractivity contribution in [1.29, 1.82) is 0 Å². The maximum Gasteiger partial charge on any atom is 0.342 e. The molecule has 0 aromatic heterocycles. The molecule has 0 aliphatic carbocycles. The lowest BCUT2D eigenvalue weighted by Crippen LogP contribution is -2.39. The van der Waals surface area contributed by atoms with Gasteiger partial charge >= 0.3 is 5.97 Å². The summed E-state index contributed by atoms with van der Waals surface area (Å²) in [7, 11) is 0. The first-order chi connectivity index (χ1) is 9.33. The molecule has 108 valence electrons. The lowest BCUT2D eigenvalue weighted by atomic mass is 9.94.